The number of hydrogen-bond acceptors (Lipinski definition) is 3. The third kappa shape index (κ3) is 2.46. The summed E-state index contributed by atoms with van der Waals surface area (Å²) in [5.41, 5.74) is 0. The van der Waals surface area contributed by atoms with E-state index in [0.717, 1.165) is 12.1 Å². The lowest BCUT2D eigenvalue weighted by molar-refractivity contribution is -0.857. The monoisotopic (exact) mass is 241 g/mol. The number of sulfonamides is 1. The van der Waals surface area contributed by atoms with Gasteiger partial charge in [0, 0.05) is 0 Å². The maximum absolute atomic E-state index is 11.9. The highest BCUT2D eigenvalue weighted by Gasteiger charge is 2.45. The lowest BCUT2D eigenvalue weighted by atomic mass is 10.4. The molecule has 1 aromatic rings. The van der Waals surface area contributed by atoms with Gasteiger partial charge in [0.1, 0.15) is 4.90 Å². The number of nitrogens with one attached hydrogen (secondary N) is 1. The fourth-order valence-corrected chi connectivity index (χ4v) is 1.89. The third-order valence-corrected chi connectivity index (χ3v) is 3.14. The fraction of sp³-hybridized carbons (Fsp3) is 0.143. The molecule has 0 heterocycles. The van der Waals surface area contributed by atoms with Crippen molar-refractivity contribution in [3.63, 3.8) is 0 Å². The van der Waals surface area contributed by atoms with E-state index in [1.165, 1.54) is 18.2 Å². The Hall–Kier alpha value is -1.12. The molecule has 0 saturated heterocycles. The van der Waals surface area contributed by atoms with Crippen LogP contribution in [0.4, 0.5) is 13.2 Å². The molecule has 84 valence electrons. The zero-order valence-corrected chi connectivity index (χ0v) is 7.97. The van der Waals surface area contributed by atoms with Crippen LogP contribution in [0.5, 0.6) is 0 Å². The summed E-state index contributed by atoms with van der Waals surface area (Å²) in [6, 6.07) is 5.75. The molecule has 8 heteroatoms. The molecular formula is C7H6F3NO3S. The second-order valence-electron chi connectivity index (χ2n) is 2.60. The number of quaternary nitrogens is 1. The molecule has 0 radical (unpaired) electrons. The van der Waals surface area contributed by atoms with Crippen LogP contribution < -0.4 is 4.47 Å². The lowest BCUT2D eigenvalue weighted by Gasteiger charge is -2.22. The first-order valence-corrected chi connectivity index (χ1v) is 5.16. The maximum atomic E-state index is 11.9. The predicted octanol–water partition coefficient (Wildman–Crippen LogP) is 0.278. The molecule has 1 atom stereocenters. The molecule has 0 aliphatic rings. The number of hydrogen-bond donors (Lipinski definition) is 1. The normalized spacial score (nSPS) is 14.9. The molecule has 0 aliphatic carbocycles. The van der Waals surface area contributed by atoms with E-state index in [0.29, 0.717) is 0 Å². The molecule has 15 heavy (non-hydrogen) atoms. The van der Waals surface area contributed by atoms with E-state index in [1.807, 2.05) is 0 Å². The van der Waals surface area contributed by atoms with Gasteiger partial charge in [-0.15, -0.1) is 13.2 Å². The van der Waals surface area contributed by atoms with E-state index >= 15 is 0 Å². The SMILES string of the molecule is O=S(=O)(c1ccccc1)[NH+]([O-])C(F)(F)F. The van der Waals surface area contributed by atoms with Crippen LogP contribution in [0.25, 0.3) is 0 Å². The second kappa shape index (κ2) is 3.80. The summed E-state index contributed by atoms with van der Waals surface area (Å²) in [5, 5.41) is 10.6. The first kappa shape index (κ1) is 12.0. The molecule has 0 spiro atoms. The van der Waals surface area contributed by atoms with Gasteiger partial charge in [-0.05, 0) is 12.1 Å². The van der Waals surface area contributed by atoms with Gasteiger partial charge >= 0.3 is 16.3 Å². The Bertz CT molecular complexity index is 429. The zero-order valence-electron chi connectivity index (χ0n) is 7.15. The average molecular weight is 241 g/mol. The Morgan fingerprint density at radius 1 is 1.13 bits per heavy atom. The van der Waals surface area contributed by atoms with Gasteiger partial charge in [-0.3, -0.25) is 0 Å². The number of halogens is 3. The Labute approximate surface area is 83.6 Å². The standard InChI is InChI=1S/C7H6F3NO3S/c8-7(9,10)11(12)15(13,14)6-4-2-1-3-5-6/h1-5,11H. The highest BCUT2D eigenvalue weighted by molar-refractivity contribution is 7.85. The highest BCUT2D eigenvalue weighted by atomic mass is 32.2. The van der Waals surface area contributed by atoms with Crippen LogP contribution in [0, 0.1) is 5.21 Å². The molecule has 4 nitrogen and oxygen atoms in total. The first-order valence-electron chi connectivity index (χ1n) is 3.67. The van der Waals surface area contributed by atoms with Crippen LogP contribution in [0.2, 0.25) is 0 Å². The lowest BCUT2D eigenvalue weighted by Crippen LogP contribution is -3.15. The average Bonchev–Trinajstić information content (AvgIpc) is 2.16. The van der Waals surface area contributed by atoms with Crippen molar-refractivity contribution in [1.29, 1.82) is 0 Å². The maximum Gasteiger partial charge on any atom is 0.574 e. The molecule has 0 aromatic heterocycles. The largest absolute Gasteiger partial charge is 0.611 e. The number of benzene rings is 1. The Balaban J connectivity index is 3.16. The van der Waals surface area contributed by atoms with Gasteiger partial charge in [0.25, 0.3) is 0 Å². The van der Waals surface area contributed by atoms with Gasteiger partial charge in [-0.2, -0.15) is 12.9 Å². The van der Waals surface area contributed by atoms with Crippen molar-refractivity contribution >= 4 is 10.0 Å². The summed E-state index contributed by atoms with van der Waals surface area (Å²) >= 11 is 0. The number of alkyl halides is 3. The molecule has 0 fully saturated rings. The predicted molar refractivity (Wildman–Crippen MR) is 44.0 cm³/mol. The van der Waals surface area contributed by atoms with Crippen LogP contribution in [0.3, 0.4) is 0 Å². The molecule has 1 rings (SSSR count). The summed E-state index contributed by atoms with van der Waals surface area (Å²) in [5.74, 6) is 0. The van der Waals surface area contributed by atoms with Crippen molar-refractivity contribution in [1.82, 2.24) is 0 Å². The smallest absolute Gasteiger partial charge is 0.574 e. The van der Waals surface area contributed by atoms with E-state index in [2.05, 4.69) is 0 Å². The minimum Gasteiger partial charge on any atom is -0.611 e. The van der Waals surface area contributed by atoms with Gasteiger partial charge in [-0.1, -0.05) is 18.2 Å². The summed E-state index contributed by atoms with van der Waals surface area (Å²) in [7, 11) is -4.96. The van der Waals surface area contributed by atoms with Crippen molar-refractivity contribution in [2.75, 3.05) is 0 Å². The molecule has 0 aliphatic heterocycles. The molecular weight excluding hydrogens is 235 g/mol. The summed E-state index contributed by atoms with van der Waals surface area (Å²) in [6.45, 7) is 0. The summed E-state index contributed by atoms with van der Waals surface area (Å²) < 4.78 is 55.2. The van der Waals surface area contributed by atoms with E-state index in [9.17, 15) is 26.8 Å². The van der Waals surface area contributed by atoms with Gasteiger partial charge in [0.05, 0.1) is 0 Å². The third-order valence-electron chi connectivity index (χ3n) is 1.53. The van der Waals surface area contributed by atoms with Crippen molar-refractivity contribution in [2.45, 2.75) is 11.2 Å². The topological polar surface area (TPSA) is 61.6 Å². The van der Waals surface area contributed by atoms with Crippen molar-refractivity contribution in [3.05, 3.63) is 35.5 Å². The second-order valence-corrected chi connectivity index (χ2v) is 4.45. The molecule has 1 unspecified atom stereocenters. The molecule has 1 N–H and O–H groups in total. The number of hydroxylamine groups is 1. The van der Waals surface area contributed by atoms with E-state index in [4.69, 9.17) is 0 Å². The van der Waals surface area contributed by atoms with Crippen LogP contribution in [0.1, 0.15) is 0 Å². The molecule has 1 aromatic carbocycles. The molecule has 0 amide bonds. The van der Waals surface area contributed by atoms with Crippen LogP contribution in [-0.2, 0) is 10.0 Å². The minimum absolute atomic E-state index is 0.660. The quantitative estimate of drug-likeness (QED) is 0.597. The fourth-order valence-electron chi connectivity index (χ4n) is 0.859. The van der Waals surface area contributed by atoms with E-state index in [-0.39, 0.29) is 0 Å². The summed E-state index contributed by atoms with van der Waals surface area (Å²) in [4.78, 5) is -0.660. The molecule has 0 bridgehead atoms. The highest BCUT2D eigenvalue weighted by Crippen LogP contribution is 2.10. The van der Waals surface area contributed by atoms with Crippen molar-refractivity contribution in [3.8, 4) is 0 Å². The van der Waals surface area contributed by atoms with Gasteiger partial charge < -0.3 is 5.21 Å². The number of rotatable bonds is 2. The molecule has 0 saturated carbocycles. The van der Waals surface area contributed by atoms with Gasteiger partial charge in [-0.25, -0.2) is 0 Å². The van der Waals surface area contributed by atoms with E-state index < -0.39 is 25.7 Å². The van der Waals surface area contributed by atoms with Crippen molar-refractivity contribution < 1.29 is 26.1 Å². The van der Waals surface area contributed by atoms with Gasteiger partial charge in [0.15, 0.2) is 0 Å². The Morgan fingerprint density at radius 2 is 1.60 bits per heavy atom. The van der Waals surface area contributed by atoms with Crippen LogP contribution in [-0.4, -0.2) is 14.7 Å². The van der Waals surface area contributed by atoms with Crippen LogP contribution >= 0.6 is 0 Å². The first-order chi connectivity index (χ1) is 6.76. The van der Waals surface area contributed by atoms with Crippen LogP contribution in [0.15, 0.2) is 35.2 Å². The Kier molecular flexibility index (Phi) is 3.03. The zero-order chi connectivity index (χ0) is 11.7. The van der Waals surface area contributed by atoms with E-state index in [1.54, 1.807) is 0 Å². The minimum atomic E-state index is -5.38. The van der Waals surface area contributed by atoms with Gasteiger partial charge in [0.2, 0.25) is 0 Å². The van der Waals surface area contributed by atoms with Crippen molar-refractivity contribution in [2.24, 2.45) is 0 Å². The summed E-state index contributed by atoms with van der Waals surface area (Å²) in [6.07, 6.45) is -5.38. The Morgan fingerprint density at radius 3 is 2.00 bits per heavy atom.